The Kier molecular flexibility index (Phi) is 3.41. The molecule has 3 aliphatic carbocycles. The SMILES string of the molecule is C[C@@H]1CCC2C(C)(C)[C@@H](OCc3ccccc3)[C@H]3CC[C@]21C3. The third kappa shape index (κ3) is 2.01. The second-order valence-electron chi connectivity index (χ2n) is 8.81. The molecule has 3 fully saturated rings. The van der Waals surface area contributed by atoms with E-state index in [4.69, 9.17) is 4.74 Å². The molecule has 0 aliphatic heterocycles. The van der Waals surface area contributed by atoms with Gasteiger partial charge in [-0.25, -0.2) is 0 Å². The second kappa shape index (κ2) is 5.09. The van der Waals surface area contributed by atoms with Gasteiger partial charge in [0.2, 0.25) is 0 Å². The van der Waals surface area contributed by atoms with Crippen LogP contribution in [0, 0.1) is 28.6 Å². The van der Waals surface area contributed by atoms with Crippen LogP contribution in [-0.2, 0) is 11.3 Å². The Morgan fingerprint density at radius 1 is 1.09 bits per heavy atom. The van der Waals surface area contributed by atoms with E-state index in [1.165, 1.54) is 37.7 Å². The van der Waals surface area contributed by atoms with Gasteiger partial charge in [-0.1, -0.05) is 51.1 Å². The first-order valence-electron chi connectivity index (χ1n) is 9.19. The number of fused-ring (bicyclic) bond motifs is 1. The quantitative estimate of drug-likeness (QED) is 0.721. The van der Waals surface area contributed by atoms with E-state index in [1.54, 1.807) is 0 Å². The molecule has 0 N–H and O–H groups in total. The van der Waals surface area contributed by atoms with E-state index in [0.717, 1.165) is 24.4 Å². The number of rotatable bonds is 3. The van der Waals surface area contributed by atoms with Gasteiger partial charge in [-0.15, -0.1) is 0 Å². The van der Waals surface area contributed by atoms with Gasteiger partial charge in [-0.3, -0.25) is 0 Å². The molecular formula is C21H30O. The Morgan fingerprint density at radius 2 is 1.86 bits per heavy atom. The number of ether oxygens (including phenoxy) is 1. The van der Waals surface area contributed by atoms with Crippen molar-refractivity contribution in [3.05, 3.63) is 35.9 Å². The molecule has 1 heteroatoms. The lowest BCUT2D eigenvalue weighted by Gasteiger charge is -2.53. The van der Waals surface area contributed by atoms with Crippen molar-refractivity contribution < 1.29 is 4.74 Å². The standard InChI is InChI=1S/C21H30O/c1-15-9-10-18-20(2,3)19(17-11-12-21(15,18)13-17)22-14-16-7-5-4-6-8-16/h4-8,15,17-19H,9-14H2,1-3H3/t15-,17+,18?,19+,21-/m1/s1. The average Bonchev–Trinajstić information content (AvgIpc) is 3.05. The molecule has 0 heterocycles. The van der Waals surface area contributed by atoms with Crippen LogP contribution in [0.15, 0.2) is 30.3 Å². The third-order valence-electron chi connectivity index (χ3n) is 7.52. The van der Waals surface area contributed by atoms with Gasteiger partial charge in [0.25, 0.3) is 0 Å². The largest absolute Gasteiger partial charge is 0.373 e. The van der Waals surface area contributed by atoms with Crippen LogP contribution >= 0.6 is 0 Å². The van der Waals surface area contributed by atoms with Crippen molar-refractivity contribution >= 4 is 0 Å². The van der Waals surface area contributed by atoms with Crippen LogP contribution in [-0.4, -0.2) is 6.10 Å². The maximum Gasteiger partial charge on any atom is 0.0721 e. The molecule has 0 aromatic heterocycles. The molecule has 0 saturated heterocycles. The van der Waals surface area contributed by atoms with Gasteiger partial charge in [0.15, 0.2) is 0 Å². The molecule has 1 aromatic carbocycles. The molecule has 4 rings (SSSR count). The summed E-state index contributed by atoms with van der Waals surface area (Å²) in [4.78, 5) is 0. The molecule has 3 aliphatic rings. The minimum Gasteiger partial charge on any atom is -0.373 e. The zero-order valence-corrected chi connectivity index (χ0v) is 14.3. The van der Waals surface area contributed by atoms with Crippen LogP contribution in [0.25, 0.3) is 0 Å². The Hall–Kier alpha value is -0.820. The lowest BCUT2D eigenvalue weighted by atomic mass is 9.55. The molecule has 3 saturated carbocycles. The topological polar surface area (TPSA) is 9.23 Å². The van der Waals surface area contributed by atoms with Gasteiger partial charge in [-0.2, -0.15) is 0 Å². The fraction of sp³-hybridized carbons (Fsp3) is 0.714. The van der Waals surface area contributed by atoms with Crippen LogP contribution in [0.1, 0.15) is 58.4 Å². The summed E-state index contributed by atoms with van der Waals surface area (Å²) in [5.41, 5.74) is 2.30. The van der Waals surface area contributed by atoms with E-state index < -0.39 is 0 Å². The van der Waals surface area contributed by atoms with Crippen LogP contribution in [0.5, 0.6) is 0 Å². The predicted octanol–water partition coefficient (Wildman–Crippen LogP) is 5.44. The summed E-state index contributed by atoms with van der Waals surface area (Å²) in [6.07, 6.45) is 7.58. The van der Waals surface area contributed by atoms with E-state index in [2.05, 4.69) is 51.1 Å². The molecule has 1 unspecified atom stereocenters. The van der Waals surface area contributed by atoms with Crippen LogP contribution in [0.4, 0.5) is 0 Å². The number of hydrogen-bond acceptors (Lipinski definition) is 1. The highest BCUT2D eigenvalue weighted by Crippen LogP contribution is 2.69. The lowest BCUT2D eigenvalue weighted by molar-refractivity contribution is -0.140. The van der Waals surface area contributed by atoms with Gasteiger partial charge >= 0.3 is 0 Å². The summed E-state index contributed by atoms with van der Waals surface area (Å²) in [6, 6.07) is 10.7. The molecule has 5 atom stereocenters. The smallest absolute Gasteiger partial charge is 0.0721 e. The molecular weight excluding hydrogens is 268 g/mol. The Balaban J connectivity index is 1.56. The monoisotopic (exact) mass is 298 g/mol. The first-order valence-corrected chi connectivity index (χ1v) is 9.19. The van der Waals surface area contributed by atoms with Crippen molar-refractivity contribution in [3.63, 3.8) is 0 Å². The van der Waals surface area contributed by atoms with E-state index in [1.807, 2.05) is 0 Å². The molecule has 1 nitrogen and oxygen atoms in total. The zero-order valence-electron chi connectivity index (χ0n) is 14.3. The summed E-state index contributed by atoms with van der Waals surface area (Å²) in [5, 5.41) is 0. The maximum absolute atomic E-state index is 6.55. The second-order valence-corrected chi connectivity index (χ2v) is 8.81. The van der Waals surface area contributed by atoms with E-state index in [9.17, 15) is 0 Å². The van der Waals surface area contributed by atoms with Crippen molar-refractivity contribution in [2.75, 3.05) is 0 Å². The maximum atomic E-state index is 6.55. The van der Waals surface area contributed by atoms with Crippen molar-refractivity contribution in [2.45, 2.75) is 65.6 Å². The van der Waals surface area contributed by atoms with Crippen LogP contribution in [0.3, 0.4) is 0 Å². The first-order chi connectivity index (χ1) is 10.5. The normalized spacial score (nSPS) is 42.3. The Labute approximate surface area is 135 Å². The summed E-state index contributed by atoms with van der Waals surface area (Å²) in [5.74, 6) is 2.59. The molecule has 0 radical (unpaired) electrons. The third-order valence-corrected chi connectivity index (χ3v) is 7.52. The summed E-state index contributed by atoms with van der Waals surface area (Å²) in [6.45, 7) is 8.29. The van der Waals surface area contributed by atoms with E-state index in [-0.39, 0.29) is 0 Å². The van der Waals surface area contributed by atoms with Gasteiger partial charge < -0.3 is 4.74 Å². The highest BCUT2D eigenvalue weighted by atomic mass is 16.5. The van der Waals surface area contributed by atoms with Gasteiger partial charge in [-0.05, 0) is 66.3 Å². The lowest BCUT2D eigenvalue weighted by Crippen LogP contribution is -2.51. The molecule has 1 spiro atoms. The van der Waals surface area contributed by atoms with Crippen LogP contribution < -0.4 is 0 Å². The number of benzene rings is 1. The van der Waals surface area contributed by atoms with Gasteiger partial charge in [0.1, 0.15) is 0 Å². The minimum absolute atomic E-state index is 0.332. The summed E-state index contributed by atoms with van der Waals surface area (Å²) in [7, 11) is 0. The van der Waals surface area contributed by atoms with Crippen molar-refractivity contribution in [2.24, 2.45) is 28.6 Å². The zero-order chi connectivity index (χ0) is 15.4. The van der Waals surface area contributed by atoms with E-state index >= 15 is 0 Å². The summed E-state index contributed by atoms with van der Waals surface area (Å²) < 4.78 is 6.55. The van der Waals surface area contributed by atoms with E-state index in [0.29, 0.717) is 16.9 Å². The molecule has 22 heavy (non-hydrogen) atoms. The average molecular weight is 298 g/mol. The highest BCUT2D eigenvalue weighted by molar-refractivity contribution is 5.15. The van der Waals surface area contributed by atoms with Gasteiger partial charge in [0, 0.05) is 0 Å². The molecule has 120 valence electrons. The van der Waals surface area contributed by atoms with Gasteiger partial charge in [0.05, 0.1) is 12.7 Å². The minimum atomic E-state index is 0.332. The molecule has 0 amide bonds. The Morgan fingerprint density at radius 3 is 2.64 bits per heavy atom. The highest BCUT2D eigenvalue weighted by Gasteiger charge is 2.64. The predicted molar refractivity (Wildman–Crippen MR) is 90.5 cm³/mol. The van der Waals surface area contributed by atoms with Crippen LogP contribution in [0.2, 0.25) is 0 Å². The van der Waals surface area contributed by atoms with Crippen molar-refractivity contribution in [1.82, 2.24) is 0 Å². The van der Waals surface area contributed by atoms with Crippen molar-refractivity contribution in [3.8, 4) is 0 Å². The fourth-order valence-electron chi connectivity index (χ4n) is 6.53. The number of hydrogen-bond donors (Lipinski definition) is 0. The fourth-order valence-corrected chi connectivity index (χ4v) is 6.53. The molecule has 1 aromatic rings. The molecule has 2 bridgehead atoms. The van der Waals surface area contributed by atoms with Crippen molar-refractivity contribution in [1.29, 1.82) is 0 Å². The Bertz CT molecular complexity index is 534. The summed E-state index contributed by atoms with van der Waals surface area (Å²) >= 11 is 0. The first kappa shape index (κ1) is 14.8.